The van der Waals surface area contributed by atoms with E-state index in [-0.39, 0.29) is 0 Å². The number of hydrogen-bond donors (Lipinski definition) is 0. The smallest absolute Gasteiger partial charge is 0.0876 e. The fourth-order valence-corrected chi connectivity index (χ4v) is 3.71. The molecule has 4 fully saturated rings. The third-order valence-corrected chi connectivity index (χ3v) is 4.22. The minimum absolute atomic E-state index is 0.669. The SMILES string of the molecule is C1OCC2C1C1CC2C2OC12. The van der Waals surface area contributed by atoms with E-state index in [4.69, 9.17) is 9.47 Å². The Morgan fingerprint density at radius 3 is 2.09 bits per heavy atom. The molecule has 0 amide bonds. The lowest BCUT2D eigenvalue weighted by atomic mass is 9.82. The van der Waals surface area contributed by atoms with Crippen LogP contribution in [0.3, 0.4) is 0 Å². The molecule has 0 spiro atoms. The summed E-state index contributed by atoms with van der Waals surface area (Å²) >= 11 is 0. The lowest BCUT2D eigenvalue weighted by molar-refractivity contribution is 0.139. The molecule has 6 unspecified atom stereocenters. The average Bonchev–Trinajstić information content (AvgIpc) is 2.46. The number of rotatable bonds is 0. The summed E-state index contributed by atoms with van der Waals surface area (Å²) in [5.41, 5.74) is 0. The molecule has 2 heterocycles. The van der Waals surface area contributed by atoms with Gasteiger partial charge in [-0.05, 0) is 30.1 Å². The Hall–Kier alpha value is -0.0800. The minimum atomic E-state index is 0.669. The minimum Gasteiger partial charge on any atom is -0.381 e. The van der Waals surface area contributed by atoms with Crippen molar-refractivity contribution in [1.82, 2.24) is 0 Å². The topological polar surface area (TPSA) is 21.8 Å². The van der Waals surface area contributed by atoms with Crippen LogP contribution in [-0.2, 0) is 9.47 Å². The number of ether oxygens (including phenoxy) is 2. The molecule has 0 radical (unpaired) electrons. The van der Waals surface area contributed by atoms with Gasteiger partial charge in [0.25, 0.3) is 0 Å². The van der Waals surface area contributed by atoms with E-state index >= 15 is 0 Å². The second-order valence-electron chi connectivity index (χ2n) is 4.49. The van der Waals surface area contributed by atoms with Crippen molar-refractivity contribution in [3.8, 4) is 0 Å². The third-order valence-electron chi connectivity index (χ3n) is 4.22. The van der Waals surface area contributed by atoms with E-state index in [9.17, 15) is 0 Å². The van der Waals surface area contributed by atoms with E-state index in [0.717, 1.165) is 36.9 Å². The quantitative estimate of drug-likeness (QED) is 0.476. The van der Waals surface area contributed by atoms with Gasteiger partial charge in [0.1, 0.15) is 0 Å². The summed E-state index contributed by atoms with van der Waals surface area (Å²) in [7, 11) is 0. The number of fused-ring (bicyclic) bond motifs is 8. The molecule has 2 aliphatic carbocycles. The van der Waals surface area contributed by atoms with Gasteiger partial charge >= 0.3 is 0 Å². The van der Waals surface area contributed by atoms with Crippen LogP contribution in [-0.4, -0.2) is 25.4 Å². The highest BCUT2D eigenvalue weighted by molar-refractivity contribution is 5.14. The number of epoxide rings is 1. The van der Waals surface area contributed by atoms with Crippen LogP contribution in [0, 0.1) is 23.7 Å². The molecule has 6 atom stereocenters. The first-order valence-corrected chi connectivity index (χ1v) is 4.68. The van der Waals surface area contributed by atoms with Crippen LogP contribution in [0.25, 0.3) is 0 Å². The van der Waals surface area contributed by atoms with E-state index in [0.29, 0.717) is 12.2 Å². The molecule has 2 aliphatic heterocycles. The summed E-state index contributed by atoms with van der Waals surface area (Å²) < 4.78 is 11.1. The van der Waals surface area contributed by atoms with Crippen molar-refractivity contribution in [3.63, 3.8) is 0 Å². The summed E-state index contributed by atoms with van der Waals surface area (Å²) in [5, 5.41) is 0. The van der Waals surface area contributed by atoms with Crippen LogP contribution in [0.2, 0.25) is 0 Å². The van der Waals surface area contributed by atoms with E-state index in [1.807, 2.05) is 0 Å². The van der Waals surface area contributed by atoms with Gasteiger partial charge in [0, 0.05) is 0 Å². The molecular formula is C9H12O2. The first kappa shape index (κ1) is 5.55. The van der Waals surface area contributed by atoms with Gasteiger partial charge in [-0.25, -0.2) is 0 Å². The molecule has 2 bridgehead atoms. The van der Waals surface area contributed by atoms with Crippen molar-refractivity contribution in [3.05, 3.63) is 0 Å². The first-order chi connectivity index (χ1) is 5.45. The Kier molecular flexibility index (Phi) is 0.758. The maximum atomic E-state index is 5.62. The Labute approximate surface area is 65.9 Å². The summed E-state index contributed by atoms with van der Waals surface area (Å²) in [6.07, 6.45) is 2.79. The normalized spacial score (nSPS) is 69.8. The fraction of sp³-hybridized carbons (Fsp3) is 1.00. The standard InChI is InChI=1S/C9H12O2/c1-4-6-2-10-3-7(6)5(1)9-8(4)11-9/h4-9H,1-3H2. The Bertz CT molecular complexity index is 192. The Morgan fingerprint density at radius 1 is 0.818 bits per heavy atom. The lowest BCUT2D eigenvalue weighted by Gasteiger charge is -2.18. The van der Waals surface area contributed by atoms with Gasteiger partial charge in [0.15, 0.2) is 0 Å². The molecular weight excluding hydrogens is 140 g/mol. The van der Waals surface area contributed by atoms with Crippen LogP contribution in [0.4, 0.5) is 0 Å². The van der Waals surface area contributed by atoms with Crippen molar-refractivity contribution in [2.24, 2.45) is 23.7 Å². The molecule has 2 saturated carbocycles. The Balaban J connectivity index is 1.79. The van der Waals surface area contributed by atoms with E-state index in [1.165, 1.54) is 6.42 Å². The van der Waals surface area contributed by atoms with Crippen LogP contribution in [0.5, 0.6) is 0 Å². The molecule has 4 aliphatic rings. The van der Waals surface area contributed by atoms with E-state index < -0.39 is 0 Å². The molecule has 60 valence electrons. The maximum Gasteiger partial charge on any atom is 0.0876 e. The van der Waals surface area contributed by atoms with Crippen molar-refractivity contribution in [1.29, 1.82) is 0 Å². The van der Waals surface area contributed by atoms with Gasteiger partial charge in [-0.1, -0.05) is 0 Å². The first-order valence-electron chi connectivity index (χ1n) is 4.68. The van der Waals surface area contributed by atoms with Crippen LogP contribution < -0.4 is 0 Å². The van der Waals surface area contributed by atoms with Crippen molar-refractivity contribution in [2.45, 2.75) is 18.6 Å². The second-order valence-corrected chi connectivity index (χ2v) is 4.49. The van der Waals surface area contributed by atoms with Gasteiger partial charge in [-0.2, -0.15) is 0 Å². The second kappa shape index (κ2) is 1.50. The van der Waals surface area contributed by atoms with Gasteiger partial charge in [0.2, 0.25) is 0 Å². The average molecular weight is 152 g/mol. The maximum absolute atomic E-state index is 5.62. The predicted molar refractivity (Wildman–Crippen MR) is 38.1 cm³/mol. The Morgan fingerprint density at radius 2 is 1.45 bits per heavy atom. The van der Waals surface area contributed by atoms with Crippen molar-refractivity contribution in [2.75, 3.05) is 13.2 Å². The van der Waals surface area contributed by atoms with Crippen LogP contribution >= 0.6 is 0 Å². The van der Waals surface area contributed by atoms with E-state index in [1.54, 1.807) is 0 Å². The molecule has 0 aromatic heterocycles. The highest BCUT2D eigenvalue weighted by Crippen LogP contribution is 2.62. The van der Waals surface area contributed by atoms with Crippen molar-refractivity contribution < 1.29 is 9.47 Å². The van der Waals surface area contributed by atoms with Crippen LogP contribution in [0.1, 0.15) is 6.42 Å². The summed E-state index contributed by atoms with van der Waals surface area (Å²) in [6, 6.07) is 0. The monoisotopic (exact) mass is 152 g/mol. The van der Waals surface area contributed by atoms with Gasteiger partial charge in [-0.15, -0.1) is 0 Å². The fourth-order valence-electron chi connectivity index (χ4n) is 3.71. The summed E-state index contributed by atoms with van der Waals surface area (Å²) in [4.78, 5) is 0. The molecule has 4 rings (SSSR count). The van der Waals surface area contributed by atoms with Gasteiger partial charge in [-0.3, -0.25) is 0 Å². The molecule has 2 heteroatoms. The number of hydrogen-bond acceptors (Lipinski definition) is 2. The summed E-state index contributed by atoms with van der Waals surface area (Å²) in [5.74, 6) is 3.53. The van der Waals surface area contributed by atoms with Crippen molar-refractivity contribution >= 4 is 0 Å². The summed E-state index contributed by atoms with van der Waals surface area (Å²) in [6.45, 7) is 2.05. The molecule has 2 saturated heterocycles. The predicted octanol–water partition coefficient (Wildman–Crippen LogP) is 0.666. The zero-order valence-electron chi connectivity index (χ0n) is 6.40. The van der Waals surface area contributed by atoms with E-state index in [2.05, 4.69) is 0 Å². The molecule has 2 nitrogen and oxygen atoms in total. The van der Waals surface area contributed by atoms with Crippen LogP contribution in [0.15, 0.2) is 0 Å². The highest BCUT2D eigenvalue weighted by atomic mass is 16.6. The largest absolute Gasteiger partial charge is 0.381 e. The zero-order chi connectivity index (χ0) is 7.00. The van der Waals surface area contributed by atoms with Gasteiger partial charge < -0.3 is 9.47 Å². The molecule has 0 N–H and O–H groups in total. The third kappa shape index (κ3) is 0.482. The molecule has 0 aromatic carbocycles. The lowest BCUT2D eigenvalue weighted by Crippen LogP contribution is -2.25. The zero-order valence-corrected chi connectivity index (χ0v) is 6.40. The molecule has 0 aromatic rings. The van der Waals surface area contributed by atoms with Gasteiger partial charge in [0.05, 0.1) is 25.4 Å². The highest BCUT2D eigenvalue weighted by Gasteiger charge is 2.68. The molecule has 11 heavy (non-hydrogen) atoms.